The molecule has 0 aromatic rings. The molecule has 2 unspecified atom stereocenters. The van der Waals surface area contributed by atoms with Gasteiger partial charge in [0, 0.05) is 0 Å². The molecule has 2 fully saturated rings. The van der Waals surface area contributed by atoms with Crippen LogP contribution in [-0.4, -0.2) is 25.0 Å². The van der Waals surface area contributed by atoms with Crippen molar-refractivity contribution in [2.24, 2.45) is 11.8 Å². The van der Waals surface area contributed by atoms with E-state index in [0.29, 0.717) is 13.2 Å². The maximum atomic E-state index is 10.9. The van der Waals surface area contributed by atoms with Crippen LogP contribution in [0.3, 0.4) is 0 Å². The normalized spacial score (nSPS) is 38.0. The molecule has 0 spiro atoms. The Hall–Kier alpha value is -0.900. The van der Waals surface area contributed by atoms with Crippen LogP contribution in [0.25, 0.3) is 0 Å². The van der Waals surface area contributed by atoms with E-state index in [4.69, 9.17) is 4.74 Å². The predicted octanol–water partition coefficient (Wildman–Crippen LogP) is -1.09. The lowest BCUT2D eigenvalue weighted by Crippen LogP contribution is -2.24. The lowest BCUT2D eigenvalue weighted by Gasteiger charge is -1.95. The molecule has 0 aliphatic carbocycles. The van der Waals surface area contributed by atoms with Crippen molar-refractivity contribution < 1.29 is 14.3 Å². The van der Waals surface area contributed by atoms with E-state index in [9.17, 15) is 9.59 Å². The zero-order chi connectivity index (χ0) is 7.14. The molecule has 2 heterocycles. The fourth-order valence-corrected chi connectivity index (χ4v) is 1.38. The smallest absolute Gasteiger partial charge is 0.232 e. The zero-order valence-electron chi connectivity index (χ0n) is 5.29. The van der Waals surface area contributed by atoms with E-state index in [-0.39, 0.29) is 23.7 Å². The Morgan fingerprint density at radius 3 is 2.20 bits per heavy atom. The number of nitrogens with one attached hydrogen (secondary N) is 1. The minimum Gasteiger partial charge on any atom is -0.380 e. The van der Waals surface area contributed by atoms with E-state index in [1.165, 1.54) is 0 Å². The van der Waals surface area contributed by atoms with Crippen LogP contribution in [0.4, 0.5) is 0 Å². The standard InChI is InChI=1S/C6H7NO3/c8-5-3-1-10-2-4(3)6(9)7-5/h3-4H,1-2H2,(H,7,8,9). The molecule has 2 aliphatic rings. The van der Waals surface area contributed by atoms with Gasteiger partial charge in [-0.1, -0.05) is 0 Å². The summed E-state index contributed by atoms with van der Waals surface area (Å²) < 4.78 is 4.97. The van der Waals surface area contributed by atoms with Crippen molar-refractivity contribution in [2.45, 2.75) is 0 Å². The van der Waals surface area contributed by atoms with E-state index in [1.54, 1.807) is 0 Å². The van der Waals surface area contributed by atoms with Crippen LogP contribution in [0, 0.1) is 11.8 Å². The van der Waals surface area contributed by atoms with Gasteiger partial charge in [-0.05, 0) is 0 Å². The van der Waals surface area contributed by atoms with Crippen LogP contribution < -0.4 is 5.32 Å². The number of carbonyl (C=O) groups is 2. The first kappa shape index (κ1) is 5.85. The van der Waals surface area contributed by atoms with Gasteiger partial charge in [0.1, 0.15) is 0 Å². The molecule has 2 saturated heterocycles. The molecular formula is C6H7NO3. The van der Waals surface area contributed by atoms with Gasteiger partial charge < -0.3 is 4.74 Å². The highest BCUT2D eigenvalue weighted by atomic mass is 16.5. The SMILES string of the molecule is O=C1NC(=O)C2COCC12. The third kappa shape index (κ3) is 0.593. The average Bonchev–Trinajstić information content (AvgIpc) is 2.39. The third-order valence-electron chi connectivity index (χ3n) is 2.00. The summed E-state index contributed by atoms with van der Waals surface area (Å²) >= 11 is 0. The molecule has 2 aliphatic heterocycles. The molecule has 4 nitrogen and oxygen atoms in total. The Morgan fingerprint density at radius 2 is 1.70 bits per heavy atom. The quantitative estimate of drug-likeness (QED) is 0.436. The number of carbonyl (C=O) groups excluding carboxylic acids is 2. The Morgan fingerprint density at radius 1 is 1.20 bits per heavy atom. The molecule has 0 aromatic carbocycles. The van der Waals surface area contributed by atoms with Gasteiger partial charge in [0.25, 0.3) is 0 Å². The first-order chi connectivity index (χ1) is 4.79. The van der Waals surface area contributed by atoms with Gasteiger partial charge in [-0.15, -0.1) is 0 Å². The van der Waals surface area contributed by atoms with Gasteiger partial charge in [-0.3, -0.25) is 14.9 Å². The van der Waals surface area contributed by atoms with Crippen molar-refractivity contribution >= 4 is 11.8 Å². The van der Waals surface area contributed by atoms with Crippen molar-refractivity contribution in [3.63, 3.8) is 0 Å². The molecule has 2 rings (SSSR count). The highest BCUT2D eigenvalue weighted by molar-refractivity contribution is 6.05. The van der Waals surface area contributed by atoms with E-state index in [1.807, 2.05) is 0 Å². The number of hydrogen-bond donors (Lipinski definition) is 1. The molecule has 0 saturated carbocycles. The zero-order valence-corrected chi connectivity index (χ0v) is 5.29. The maximum absolute atomic E-state index is 10.9. The second-order valence-electron chi connectivity index (χ2n) is 2.60. The summed E-state index contributed by atoms with van der Waals surface area (Å²) in [4.78, 5) is 21.7. The second-order valence-corrected chi connectivity index (χ2v) is 2.60. The predicted molar refractivity (Wildman–Crippen MR) is 30.9 cm³/mol. The molecule has 2 amide bonds. The monoisotopic (exact) mass is 141 g/mol. The maximum Gasteiger partial charge on any atom is 0.232 e. The topological polar surface area (TPSA) is 55.4 Å². The molecule has 0 bridgehead atoms. The van der Waals surface area contributed by atoms with Gasteiger partial charge in [-0.25, -0.2) is 0 Å². The Kier molecular flexibility index (Phi) is 1.05. The van der Waals surface area contributed by atoms with Gasteiger partial charge in [-0.2, -0.15) is 0 Å². The molecule has 1 N–H and O–H groups in total. The fourth-order valence-electron chi connectivity index (χ4n) is 1.38. The van der Waals surface area contributed by atoms with Gasteiger partial charge in [0.05, 0.1) is 25.0 Å². The van der Waals surface area contributed by atoms with Gasteiger partial charge in [0.2, 0.25) is 11.8 Å². The first-order valence-electron chi connectivity index (χ1n) is 3.21. The summed E-state index contributed by atoms with van der Waals surface area (Å²) in [5.74, 6) is -0.750. The summed E-state index contributed by atoms with van der Waals surface area (Å²) in [5, 5.41) is 2.26. The van der Waals surface area contributed by atoms with Gasteiger partial charge in [0.15, 0.2) is 0 Å². The van der Waals surface area contributed by atoms with E-state index < -0.39 is 0 Å². The van der Waals surface area contributed by atoms with Crippen molar-refractivity contribution in [2.75, 3.05) is 13.2 Å². The lowest BCUT2D eigenvalue weighted by atomic mass is 10.00. The fraction of sp³-hybridized carbons (Fsp3) is 0.667. The highest BCUT2D eigenvalue weighted by Crippen LogP contribution is 2.25. The summed E-state index contributed by atoms with van der Waals surface area (Å²) in [7, 11) is 0. The van der Waals surface area contributed by atoms with E-state index in [0.717, 1.165) is 0 Å². The molecule has 54 valence electrons. The Bertz CT molecular complexity index is 181. The molecule has 0 radical (unpaired) electrons. The number of amides is 2. The van der Waals surface area contributed by atoms with E-state index in [2.05, 4.69) is 5.32 Å². The summed E-state index contributed by atoms with van der Waals surface area (Å²) in [6, 6.07) is 0. The first-order valence-corrected chi connectivity index (χ1v) is 3.21. The van der Waals surface area contributed by atoms with Crippen molar-refractivity contribution in [1.82, 2.24) is 5.32 Å². The third-order valence-corrected chi connectivity index (χ3v) is 2.00. The van der Waals surface area contributed by atoms with Crippen LogP contribution in [-0.2, 0) is 14.3 Å². The van der Waals surface area contributed by atoms with Crippen molar-refractivity contribution in [1.29, 1.82) is 0 Å². The van der Waals surface area contributed by atoms with Crippen LogP contribution in [0.15, 0.2) is 0 Å². The summed E-state index contributed by atoms with van der Waals surface area (Å²) in [6.07, 6.45) is 0. The van der Waals surface area contributed by atoms with Crippen molar-refractivity contribution in [3.8, 4) is 0 Å². The molecule has 2 atom stereocenters. The Labute approximate surface area is 57.5 Å². The number of fused-ring (bicyclic) bond motifs is 1. The highest BCUT2D eigenvalue weighted by Gasteiger charge is 2.45. The van der Waals surface area contributed by atoms with E-state index >= 15 is 0 Å². The molecule has 0 aromatic heterocycles. The second kappa shape index (κ2) is 1.79. The van der Waals surface area contributed by atoms with Gasteiger partial charge >= 0.3 is 0 Å². The average molecular weight is 141 g/mol. The molecule has 4 heteroatoms. The molecular weight excluding hydrogens is 134 g/mol. The molecule has 10 heavy (non-hydrogen) atoms. The van der Waals surface area contributed by atoms with Crippen LogP contribution >= 0.6 is 0 Å². The lowest BCUT2D eigenvalue weighted by molar-refractivity contribution is -0.127. The minimum atomic E-state index is -0.201. The van der Waals surface area contributed by atoms with Crippen molar-refractivity contribution in [3.05, 3.63) is 0 Å². The largest absolute Gasteiger partial charge is 0.380 e. The number of imide groups is 1. The van der Waals surface area contributed by atoms with Crippen LogP contribution in [0.2, 0.25) is 0 Å². The number of hydrogen-bond acceptors (Lipinski definition) is 3. The van der Waals surface area contributed by atoms with Crippen LogP contribution in [0.1, 0.15) is 0 Å². The summed E-state index contributed by atoms with van der Waals surface area (Å²) in [6.45, 7) is 0.810. The summed E-state index contributed by atoms with van der Waals surface area (Å²) in [5.41, 5.74) is 0. The number of ether oxygens (including phenoxy) is 1. The minimum absolute atomic E-state index is 0.174. The van der Waals surface area contributed by atoms with Crippen LogP contribution in [0.5, 0.6) is 0 Å². The Balaban J connectivity index is 2.27. The number of rotatable bonds is 0.